The summed E-state index contributed by atoms with van der Waals surface area (Å²) in [7, 11) is -1.74. The van der Waals surface area contributed by atoms with Crippen molar-refractivity contribution < 1.29 is 18.4 Å². The molecule has 0 aromatic heterocycles. The average Bonchev–Trinajstić information content (AvgIpc) is 2.61. The number of hydrogen-bond donors (Lipinski definition) is 1. The Kier molecular flexibility index (Phi) is 11.7. The lowest BCUT2D eigenvalue weighted by molar-refractivity contribution is -0.135. The Labute approximate surface area is 170 Å². The van der Waals surface area contributed by atoms with Gasteiger partial charge in [0.05, 0.1) is 5.56 Å². The molecule has 28 heavy (non-hydrogen) atoms. The first-order valence-electron chi connectivity index (χ1n) is 10.5. The Bertz CT molecular complexity index is 602. The molecule has 0 spiro atoms. The van der Waals surface area contributed by atoms with Crippen molar-refractivity contribution in [1.29, 1.82) is 0 Å². The molecule has 0 heterocycles. The highest BCUT2D eigenvalue weighted by Gasteiger charge is 2.19. The molecule has 0 aliphatic rings. The van der Waals surface area contributed by atoms with E-state index in [1.165, 1.54) is 37.8 Å². The molecule has 0 bridgehead atoms. The van der Waals surface area contributed by atoms with Gasteiger partial charge in [0.2, 0.25) is 8.32 Å². The van der Waals surface area contributed by atoms with Crippen molar-refractivity contribution >= 4 is 20.2 Å². The number of benzene rings is 1. The summed E-state index contributed by atoms with van der Waals surface area (Å²) >= 11 is 0. The first-order chi connectivity index (χ1) is 13.3. The molecule has 0 aliphatic heterocycles. The Balaban J connectivity index is 1.90. The van der Waals surface area contributed by atoms with Gasteiger partial charge in [-0.25, -0.2) is 4.39 Å². The first-order valence-corrected chi connectivity index (χ1v) is 13.9. The third-order valence-corrected chi connectivity index (χ3v) is 5.22. The van der Waals surface area contributed by atoms with Gasteiger partial charge >= 0.3 is 0 Å². The molecule has 0 fully saturated rings. The molecule has 4 nitrogen and oxygen atoms in total. The summed E-state index contributed by atoms with van der Waals surface area (Å²) in [5, 5.41) is 2.77. The maximum atomic E-state index is 13.5. The van der Waals surface area contributed by atoms with Gasteiger partial charge in [-0.05, 0) is 44.6 Å². The fourth-order valence-corrected chi connectivity index (χ4v) is 3.75. The van der Waals surface area contributed by atoms with Crippen LogP contribution >= 0.6 is 0 Å². The van der Waals surface area contributed by atoms with Crippen molar-refractivity contribution in [3.8, 4) is 0 Å². The van der Waals surface area contributed by atoms with Crippen LogP contribution in [0.3, 0.4) is 0 Å². The summed E-state index contributed by atoms with van der Waals surface area (Å²) < 4.78 is 18.9. The largest absolute Gasteiger partial charge is 0.520 e. The molecular weight excluding hydrogens is 373 g/mol. The van der Waals surface area contributed by atoms with Crippen molar-refractivity contribution in [2.75, 3.05) is 6.54 Å². The minimum absolute atomic E-state index is 0.0405. The number of hydrogen-bond acceptors (Lipinski definition) is 3. The third kappa shape index (κ3) is 11.9. The van der Waals surface area contributed by atoms with E-state index in [0.29, 0.717) is 13.0 Å². The van der Waals surface area contributed by atoms with Gasteiger partial charge in [-0.1, -0.05) is 57.1 Å². The Morgan fingerprint density at radius 2 is 1.43 bits per heavy atom. The molecule has 0 saturated carbocycles. The van der Waals surface area contributed by atoms with E-state index in [1.54, 1.807) is 12.1 Å². The van der Waals surface area contributed by atoms with E-state index < -0.39 is 14.1 Å². The minimum atomic E-state index is -1.74. The average molecular weight is 410 g/mol. The summed E-state index contributed by atoms with van der Waals surface area (Å²) in [6.45, 7) is 6.67. The van der Waals surface area contributed by atoms with Gasteiger partial charge in [-0.3, -0.25) is 9.59 Å². The van der Waals surface area contributed by atoms with Crippen LogP contribution in [0.15, 0.2) is 24.3 Å². The van der Waals surface area contributed by atoms with Crippen LogP contribution in [-0.4, -0.2) is 26.7 Å². The van der Waals surface area contributed by atoms with Crippen LogP contribution in [0, 0.1) is 5.82 Å². The molecular formula is C22H36FNO3Si. The summed E-state index contributed by atoms with van der Waals surface area (Å²) in [6.07, 6.45) is 10.5. The number of carbonyl (C=O) groups is 2. The van der Waals surface area contributed by atoms with Crippen LogP contribution in [-0.2, 0) is 9.22 Å². The maximum absolute atomic E-state index is 13.5. The number of halogens is 1. The molecule has 0 unspecified atom stereocenters. The van der Waals surface area contributed by atoms with Gasteiger partial charge in [0.15, 0.2) is 0 Å². The normalized spacial score (nSPS) is 11.3. The Morgan fingerprint density at radius 3 is 2.00 bits per heavy atom. The molecule has 0 atom stereocenters. The van der Waals surface area contributed by atoms with Gasteiger partial charge in [0.1, 0.15) is 5.82 Å². The summed E-state index contributed by atoms with van der Waals surface area (Å²) in [5.41, 5.74) is 0.108. The lowest BCUT2D eigenvalue weighted by Gasteiger charge is -2.17. The van der Waals surface area contributed by atoms with Crippen molar-refractivity contribution in [1.82, 2.24) is 5.32 Å². The highest BCUT2D eigenvalue weighted by molar-refractivity contribution is 6.71. The van der Waals surface area contributed by atoms with Crippen LogP contribution in [0.4, 0.5) is 4.39 Å². The number of amides is 1. The zero-order chi connectivity index (χ0) is 20.8. The van der Waals surface area contributed by atoms with Crippen LogP contribution in [0.2, 0.25) is 19.6 Å². The molecule has 1 N–H and O–H groups in total. The predicted octanol–water partition coefficient (Wildman–Crippen LogP) is 5.83. The Morgan fingerprint density at radius 1 is 0.893 bits per heavy atom. The molecule has 0 aliphatic carbocycles. The summed E-state index contributed by atoms with van der Waals surface area (Å²) in [6, 6.07) is 6.04. The van der Waals surface area contributed by atoms with E-state index in [4.69, 9.17) is 4.43 Å². The standard InChI is InChI=1S/C22H36FNO3Si/c1-28(2,3)27-21(25)17-11-9-7-5-4-6-8-10-14-18-24-22(26)19-15-12-13-16-20(19)23/h12-13,15-16H,4-11,14,17-18H2,1-3H3,(H,24,26). The van der Waals surface area contributed by atoms with Crippen molar-refractivity contribution in [3.63, 3.8) is 0 Å². The van der Waals surface area contributed by atoms with Gasteiger partial charge in [-0.2, -0.15) is 0 Å². The van der Waals surface area contributed by atoms with Crippen molar-refractivity contribution in [2.24, 2.45) is 0 Å². The van der Waals surface area contributed by atoms with E-state index in [-0.39, 0.29) is 17.4 Å². The fourth-order valence-electron chi connectivity index (χ4n) is 2.97. The zero-order valence-corrected chi connectivity index (χ0v) is 18.7. The number of unbranched alkanes of at least 4 members (excludes halogenated alkanes) is 8. The number of carbonyl (C=O) groups excluding carboxylic acids is 2. The van der Waals surface area contributed by atoms with E-state index in [0.717, 1.165) is 32.1 Å². The molecule has 1 aromatic carbocycles. The maximum Gasteiger partial charge on any atom is 0.292 e. The highest BCUT2D eigenvalue weighted by atomic mass is 28.4. The smallest absolute Gasteiger partial charge is 0.292 e. The highest BCUT2D eigenvalue weighted by Crippen LogP contribution is 2.12. The first kappa shape index (κ1) is 24.3. The molecule has 0 saturated heterocycles. The van der Waals surface area contributed by atoms with Crippen molar-refractivity contribution in [3.05, 3.63) is 35.6 Å². The second-order valence-electron chi connectivity index (χ2n) is 8.25. The summed E-state index contributed by atoms with van der Waals surface area (Å²) in [4.78, 5) is 23.5. The molecule has 158 valence electrons. The molecule has 1 aromatic rings. The van der Waals surface area contributed by atoms with E-state index >= 15 is 0 Å². The van der Waals surface area contributed by atoms with Gasteiger partial charge in [0.25, 0.3) is 11.9 Å². The second kappa shape index (κ2) is 13.5. The summed E-state index contributed by atoms with van der Waals surface area (Å²) in [5.74, 6) is -0.860. The van der Waals surface area contributed by atoms with E-state index in [9.17, 15) is 14.0 Å². The number of nitrogens with one attached hydrogen (secondary N) is 1. The lowest BCUT2D eigenvalue weighted by Crippen LogP contribution is -2.28. The van der Waals surface area contributed by atoms with Crippen LogP contribution in [0.1, 0.15) is 74.6 Å². The minimum Gasteiger partial charge on any atom is -0.520 e. The third-order valence-electron chi connectivity index (χ3n) is 4.38. The van der Waals surface area contributed by atoms with Crippen LogP contribution < -0.4 is 5.32 Å². The topological polar surface area (TPSA) is 55.4 Å². The number of rotatable bonds is 14. The van der Waals surface area contributed by atoms with Crippen molar-refractivity contribution in [2.45, 2.75) is 83.8 Å². The zero-order valence-electron chi connectivity index (χ0n) is 17.7. The monoisotopic (exact) mass is 409 g/mol. The van der Waals surface area contributed by atoms with Crippen LogP contribution in [0.5, 0.6) is 0 Å². The van der Waals surface area contributed by atoms with Crippen LogP contribution in [0.25, 0.3) is 0 Å². The molecule has 0 radical (unpaired) electrons. The fraction of sp³-hybridized carbons (Fsp3) is 0.636. The molecule has 1 rings (SSSR count). The van der Waals surface area contributed by atoms with E-state index in [2.05, 4.69) is 5.32 Å². The molecule has 6 heteroatoms. The van der Waals surface area contributed by atoms with Gasteiger partial charge in [0, 0.05) is 13.0 Å². The van der Waals surface area contributed by atoms with Gasteiger partial charge < -0.3 is 9.74 Å². The lowest BCUT2D eigenvalue weighted by atomic mass is 10.1. The second-order valence-corrected chi connectivity index (χ2v) is 12.7. The van der Waals surface area contributed by atoms with Gasteiger partial charge in [-0.15, -0.1) is 0 Å². The predicted molar refractivity (Wildman–Crippen MR) is 114 cm³/mol. The van der Waals surface area contributed by atoms with E-state index in [1.807, 2.05) is 19.6 Å². The SMILES string of the molecule is C[Si](C)(C)OC(=O)CCCCCCCCCCCNC(=O)c1ccccc1F. The molecule has 1 amide bonds. The Hall–Kier alpha value is -1.69. The quantitative estimate of drug-likeness (QED) is 0.310.